The average molecular weight is 599 g/mol. The first kappa shape index (κ1) is 22.5. The molecule has 9 heteroatoms. The van der Waals surface area contributed by atoms with Gasteiger partial charge in [0, 0.05) is 4.47 Å². The SMILES string of the molecule is C=CCOc1c(Br)cc(/C=C2/C(=O)NC(=O)N(c3ccc(Br)c(C)c3)C2=O)cc1Br. The molecule has 0 spiro atoms. The molecule has 0 aliphatic carbocycles. The Kier molecular flexibility index (Phi) is 6.95. The van der Waals surface area contributed by atoms with E-state index in [-0.39, 0.29) is 5.57 Å². The third-order valence-corrected chi connectivity index (χ3v) is 6.25. The maximum atomic E-state index is 13.0. The molecule has 1 heterocycles. The zero-order chi connectivity index (χ0) is 22.0. The van der Waals surface area contributed by atoms with Crippen LogP contribution >= 0.6 is 47.8 Å². The quantitative estimate of drug-likeness (QED) is 0.280. The summed E-state index contributed by atoms with van der Waals surface area (Å²) >= 11 is 10.2. The Labute approximate surface area is 198 Å². The van der Waals surface area contributed by atoms with Gasteiger partial charge in [-0.1, -0.05) is 28.6 Å². The van der Waals surface area contributed by atoms with E-state index in [2.05, 4.69) is 59.7 Å². The molecule has 1 N–H and O–H groups in total. The highest BCUT2D eigenvalue weighted by molar-refractivity contribution is 9.11. The number of hydrogen-bond donors (Lipinski definition) is 1. The van der Waals surface area contributed by atoms with Crippen molar-refractivity contribution in [2.24, 2.45) is 0 Å². The maximum Gasteiger partial charge on any atom is 0.335 e. The highest BCUT2D eigenvalue weighted by atomic mass is 79.9. The molecule has 1 saturated heterocycles. The fourth-order valence-corrected chi connectivity index (χ4v) is 4.47. The highest BCUT2D eigenvalue weighted by Crippen LogP contribution is 2.36. The van der Waals surface area contributed by atoms with E-state index < -0.39 is 17.8 Å². The minimum atomic E-state index is -0.792. The van der Waals surface area contributed by atoms with Crippen molar-refractivity contribution in [1.29, 1.82) is 0 Å². The Balaban J connectivity index is 2.00. The molecule has 4 amide bonds. The van der Waals surface area contributed by atoms with E-state index in [1.165, 1.54) is 6.08 Å². The minimum Gasteiger partial charge on any atom is -0.487 e. The van der Waals surface area contributed by atoms with Crippen LogP contribution in [-0.4, -0.2) is 24.5 Å². The third-order valence-electron chi connectivity index (χ3n) is 4.18. The van der Waals surface area contributed by atoms with Crippen LogP contribution in [-0.2, 0) is 9.59 Å². The molecule has 3 rings (SSSR count). The molecular weight excluding hydrogens is 584 g/mol. The van der Waals surface area contributed by atoms with Gasteiger partial charge >= 0.3 is 6.03 Å². The number of imide groups is 2. The zero-order valence-electron chi connectivity index (χ0n) is 15.7. The molecule has 1 fully saturated rings. The van der Waals surface area contributed by atoms with Crippen molar-refractivity contribution in [3.8, 4) is 5.75 Å². The number of benzene rings is 2. The predicted molar refractivity (Wildman–Crippen MR) is 125 cm³/mol. The average Bonchev–Trinajstić information content (AvgIpc) is 2.67. The van der Waals surface area contributed by atoms with Gasteiger partial charge in [0.05, 0.1) is 14.6 Å². The summed E-state index contributed by atoms with van der Waals surface area (Å²) in [6, 6.07) is 7.68. The van der Waals surface area contributed by atoms with Gasteiger partial charge in [0.15, 0.2) is 0 Å². The van der Waals surface area contributed by atoms with E-state index in [0.717, 1.165) is 14.9 Å². The molecule has 0 aromatic heterocycles. The number of carbonyl (C=O) groups excluding carboxylic acids is 3. The Morgan fingerprint density at radius 1 is 1.07 bits per heavy atom. The van der Waals surface area contributed by atoms with Crippen LogP contribution in [0.25, 0.3) is 6.08 Å². The molecule has 6 nitrogen and oxygen atoms in total. The van der Waals surface area contributed by atoms with Gasteiger partial charge in [0.2, 0.25) is 0 Å². The first-order valence-corrected chi connectivity index (χ1v) is 11.0. The van der Waals surface area contributed by atoms with Crippen molar-refractivity contribution in [2.45, 2.75) is 6.92 Å². The van der Waals surface area contributed by atoms with Crippen molar-refractivity contribution in [3.63, 3.8) is 0 Å². The number of hydrogen-bond acceptors (Lipinski definition) is 4. The fraction of sp³-hybridized carbons (Fsp3) is 0.0952. The number of nitrogens with zero attached hydrogens (tertiary/aromatic N) is 1. The van der Waals surface area contributed by atoms with E-state index in [0.29, 0.717) is 32.6 Å². The number of halogens is 3. The molecule has 0 atom stereocenters. The summed E-state index contributed by atoms with van der Waals surface area (Å²) in [6.45, 7) is 5.77. The van der Waals surface area contributed by atoms with Gasteiger partial charge in [-0.15, -0.1) is 0 Å². The van der Waals surface area contributed by atoms with Gasteiger partial charge in [0.25, 0.3) is 11.8 Å². The lowest BCUT2D eigenvalue weighted by atomic mass is 10.1. The van der Waals surface area contributed by atoms with Gasteiger partial charge < -0.3 is 4.74 Å². The summed E-state index contributed by atoms with van der Waals surface area (Å²) in [6.07, 6.45) is 3.05. The minimum absolute atomic E-state index is 0.159. The van der Waals surface area contributed by atoms with Crippen molar-refractivity contribution in [2.75, 3.05) is 11.5 Å². The summed E-state index contributed by atoms with van der Waals surface area (Å²) < 4.78 is 7.68. The third kappa shape index (κ3) is 4.58. The van der Waals surface area contributed by atoms with Crippen LogP contribution in [0.15, 0.2) is 62.0 Å². The monoisotopic (exact) mass is 596 g/mol. The normalized spacial score (nSPS) is 15.4. The van der Waals surface area contributed by atoms with Crippen molar-refractivity contribution >= 4 is 77.4 Å². The lowest BCUT2D eigenvalue weighted by molar-refractivity contribution is -0.122. The molecule has 1 aliphatic rings. The summed E-state index contributed by atoms with van der Waals surface area (Å²) in [4.78, 5) is 38.7. The first-order valence-electron chi connectivity index (χ1n) is 8.63. The Hall–Kier alpha value is -2.23. The maximum absolute atomic E-state index is 13.0. The molecule has 154 valence electrons. The molecule has 0 saturated carbocycles. The summed E-state index contributed by atoms with van der Waals surface area (Å²) in [5.74, 6) is -0.891. The smallest absolute Gasteiger partial charge is 0.335 e. The van der Waals surface area contributed by atoms with E-state index in [1.54, 1.807) is 36.4 Å². The van der Waals surface area contributed by atoms with Crippen LogP contribution in [0.2, 0.25) is 0 Å². The van der Waals surface area contributed by atoms with Crippen LogP contribution in [0.3, 0.4) is 0 Å². The van der Waals surface area contributed by atoms with E-state index in [1.807, 2.05) is 6.92 Å². The number of anilines is 1. The van der Waals surface area contributed by atoms with Gasteiger partial charge in [-0.3, -0.25) is 14.9 Å². The Morgan fingerprint density at radius 3 is 2.33 bits per heavy atom. The zero-order valence-corrected chi connectivity index (χ0v) is 20.4. The van der Waals surface area contributed by atoms with Crippen molar-refractivity contribution < 1.29 is 19.1 Å². The number of urea groups is 1. The van der Waals surface area contributed by atoms with E-state index in [9.17, 15) is 14.4 Å². The summed E-state index contributed by atoms with van der Waals surface area (Å²) in [7, 11) is 0. The fourth-order valence-electron chi connectivity index (χ4n) is 2.77. The molecule has 0 bridgehead atoms. The van der Waals surface area contributed by atoms with Crippen LogP contribution in [0.1, 0.15) is 11.1 Å². The molecule has 2 aromatic carbocycles. The van der Waals surface area contributed by atoms with Crippen molar-refractivity contribution in [1.82, 2.24) is 5.32 Å². The Bertz CT molecular complexity index is 1090. The molecule has 1 aliphatic heterocycles. The number of ether oxygens (including phenoxy) is 1. The van der Waals surface area contributed by atoms with Gasteiger partial charge in [0.1, 0.15) is 17.9 Å². The predicted octanol–water partition coefficient (Wildman–Crippen LogP) is 5.51. The van der Waals surface area contributed by atoms with Crippen LogP contribution in [0, 0.1) is 6.92 Å². The van der Waals surface area contributed by atoms with E-state index >= 15 is 0 Å². The molecule has 0 unspecified atom stereocenters. The van der Waals surface area contributed by atoms with E-state index in [4.69, 9.17) is 4.74 Å². The van der Waals surface area contributed by atoms with Crippen LogP contribution < -0.4 is 15.0 Å². The van der Waals surface area contributed by atoms with Gasteiger partial charge in [-0.25, -0.2) is 9.69 Å². The number of aryl methyl sites for hydroxylation is 1. The second kappa shape index (κ2) is 9.28. The van der Waals surface area contributed by atoms with Crippen LogP contribution in [0.5, 0.6) is 5.75 Å². The summed E-state index contributed by atoms with van der Waals surface area (Å²) in [5.41, 5.74) is 1.62. The molecular formula is C21H15Br3N2O4. The number of carbonyl (C=O) groups is 3. The number of nitrogens with one attached hydrogen (secondary N) is 1. The number of barbiturate groups is 1. The highest BCUT2D eigenvalue weighted by Gasteiger charge is 2.37. The van der Waals surface area contributed by atoms with Gasteiger partial charge in [-0.05, 0) is 86.3 Å². The second-order valence-corrected chi connectivity index (χ2v) is 8.87. The van der Waals surface area contributed by atoms with Crippen molar-refractivity contribution in [3.05, 3.63) is 73.1 Å². The Morgan fingerprint density at radius 2 is 1.73 bits per heavy atom. The lowest BCUT2D eigenvalue weighted by Gasteiger charge is -2.26. The molecule has 0 radical (unpaired) electrons. The topological polar surface area (TPSA) is 75.7 Å². The molecule has 2 aromatic rings. The van der Waals surface area contributed by atoms with Crippen LogP contribution in [0.4, 0.5) is 10.5 Å². The largest absolute Gasteiger partial charge is 0.487 e. The second-order valence-electron chi connectivity index (χ2n) is 6.30. The van der Waals surface area contributed by atoms with Gasteiger partial charge in [-0.2, -0.15) is 0 Å². The lowest BCUT2D eigenvalue weighted by Crippen LogP contribution is -2.54. The summed E-state index contributed by atoms with van der Waals surface area (Å²) in [5, 5.41) is 2.22. The standard InChI is InChI=1S/C21H15Br3N2O4/c1-3-6-30-18-16(23)9-12(10-17(18)24)8-14-19(27)25-21(29)26(20(14)28)13-4-5-15(22)11(2)7-13/h3-5,7-10H,1,6H2,2H3,(H,25,27,29)/b14-8-. The number of rotatable bonds is 5. The first-order chi connectivity index (χ1) is 14.2. The molecule has 30 heavy (non-hydrogen) atoms. The number of amides is 4.